The number of amides is 1. The zero-order valence-electron chi connectivity index (χ0n) is 12.5. The fourth-order valence-electron chi connectivity index (χ4n) is 1.92. The Morgan fingerprint density at radius 3 is 2.44 bits per heavy atom. The van der Waals surface area contributed by atoms with E-state index in [0.29, 0.717) is 11.3 Å². The molecule has 1 N–H and O–H groups in total. The minimum atomic E-state index is -0.495. The second-order valence-corrected chi connectivity index (χ2v) is 6.27. The first-order valence-electron chi connectivity index (χ1n) is 7.05. The van der Waals surface area contributed by atoms with E-state index in [2.05, 4.69) is 15.5 Å². The van der Waals surface area contributed by atoms with Crippen LogP contribution in [0.5, 0.6) is 0 Å². The second kappa shape index (κ2) is 7.50. The lowest BCUT2D eigenvalue weighted by molar-refractivity contribution is 0.102. The van der Waals surface area contributed by atoms with Gasteiger partial charge in [0.1, 0.15) is 11.6 Å². The molecule has 1 aromatic heterocycles. The largest absolute Gasteiger partial charge is 0.320 e. The number of aromatic nitrogens is 2. The van der Waals surface area contributed by atoms with Crippen LogP contribution in [0.1, 0.15) is 20.4 Å². The molecule has 3 rings (SSSR count). The van der Waals surface area contributed by atoms with Crippen LogP contribution < -0.4 is 5.32 Å². The van der Waals surface area contributed by atoms with Gasteiger partial charge in [-0.1, -0.05) is 41.1 Å². The van der Waals surface area contributed by atoms with Crippen LogP contribution >= 0.6 is 22.9 Å². The van der Waals surface area contributed by atoms with Crippen molar-refractivity contribution in [3.8, 4) is 0 Å². The number of hydrogen-bond acceptors (Lipinski definition) is 4. The minimum absolute atomic E-state index is 0.0828. The van der Waals surface area contributed by atoms with Crippen LogP contribution in [0.15, 0.2) is 48.5 Å². The van der Waals surface area contributed by atoms with E-state index in [1.807, 2.05) is 0 Å². The van der Waals surface area contributed by atoms with Crippen LogP contribution in [0.4, 0.5) is 14.5 Å². The Morgan fingerprint density at radius 1 is 1.04 bits per heavy atom. The number of benzene rings is 2. The van der Waals surface area contributed by atoms with Gasteiger partial charge < -0.3 is 5.32 Å². The summed E-state index contributed by atoms with van der Waals surface area (Å²) in [6.07, 6.45) is 1.42. The smallest absolute Gasteiger partial charge is 0.286 e. The fraction of sp³-hybridized carbons (Fsp3) is 0. The van der Waals surface area contributed by atoms with E-state index in [4.69, 9.17) is 11.6 Å². The zero-order chi connectivity index (χ0) is 17.8. The van der Waals surface area contributed by atoms with Gasteiger partial charge in [-0.25, -0.2) is 8.78 Å². The molecule has 0 fully saturated rings. The predicted molar refractivity (Wildman–Crippen MR) is 94.4 cm³/mol. The number of anilines is 1. The minimum Gasteiger partial charge on any atom is -0.320 e. The molecular formula is C17H10ClF2N3OS. The lowest BCUT2D eigenvalue weighted by atomic mass is 10.2. The molecule has 0 radical (unpaired) electrons. The molecule has 0 aliphatic rings. The van der Waals surface area contributed by atoms with Crippen molar-refractivity contribution in [2.45, 2.75) is 0 Å². The summed E-state index contributed by atoms with van der Waals surface area (Å²) in [5.74, 6) is -1.31. The molecule has 0 aliphatic carbocycles. The van der Waals surface area contributed by atoms with Gasteiger partial charge in [0.15, 0.2) is 5.01 Å². The van der Waals surface area contributed by atoms with Crippen molar-refractivity contribution >= 4 is 45.6 Å². The Bertz CT molecular complexity index is 941. The Kier molecular flexibility index (Phi) is 5.16. The van der Waals surface area contributed by atoms with Gasteiger partial charge in [0.2, 0.25) is 5.01 Å². The van der Waals surface area contributed by atoms with E-state index in [1.165, 1.54) is 36.4 Å². The van der Waals surface area contributed by atoms with Crippen LogP contribution in [0, 0.1) is 11.6 Å². The average molecular weight is 378 g/mol. The maximum atomic E-state index is 13.6. The molecule has 0 unspecified atom stereocenters. The summed E-state index contributed by atoms with van der Waals surface area (Å²) in [7, 11) is 0. The number of rotatable bonds is 4. The maximum Gasteiger partial charge on any atom is 0.286 e. The van der Waals surface area contributed by atoms with E-state index >= 15 is 0 Å². The first-order chi connectivity index (χ1) is 12.0. The lowest BCUT2D eigenvalue weighted by Crippen LogP contribution is -2.11. The summed E-state index contributed by atoms with van der Waals surface area (Å²) in [6.45, 7) is 0. The van der Waals surface area contributed by atoms with E-state index in [1.54, 1.807) is 18.2 Å². The first kappa shape index (κ1) is 17.2. The van der Waals surface area contributed by atoms with Gasteiger partial charge in [0.25, 0.3) is 5.91 Å². The molecular weight excluding hydrogens is 368 g/mol. The van der Waals surface area contributed by atoms with Crippen molar-refractivity contribution in [3.63, 3.8) is 0 Å². The summed E-state index contributed by atoms with van der Waals surface area (Å²) in [6, 6.07) is 11.5. The van der Waals surface area contributed by atoms with Crippen molar-refractivity contribution in [1.82, 2.24) is 10.2 Å². The molecule has 8 heteroatoms. The number of carbonyl (C=O) groups excluding carboxylic acids is 1. The van der Waals surface area contributed by atoms with Gasteiger partial charge in [-0.2, -0.15) is 0 Å². The Hall–Kier alpha value is -2.64. The highest BCUT2D eigenvalue weighted by molar-refractivity contribution is 7.15. The van der Waals surface area contributed by atoms with Crippen LogP contribution in [0.25, 0.3) is 11.1 Å². The first-order valence-corrected chi connectivity index (χ1v) is 8.25. The van der Waals surface area contributed by atoms with Crippen molar-refractivity contribution in [2.24, 2.45) is 0 Å². The monoisotopic (exact) mass is 377 g/mol. The van der Waals surface area contributed by atoms with Gasteiger partial charge in [0, 0.05) is 11.3 Å². The predicted octanol–water partition coefficient (Wildman–Crippen LogP) is 4.81. The molecule has 0 bridgehead atoms. The molecule has 4 nitrogen and oxygen atoms in total. The molecule has 126 valence electrons. The highest BCUT2D eigenvalue weighted by atomic mass is 35.5. The third-order valence-electron chi connectivity index (χ3n) is 3.11. The molecule has 3 aromatic rings. The molecule has 0 saturated heterocycles. The van der Waals surface area contributed by atoms with Gasteiger partial charge in [0.05, 0.1) is 5.03 Å². The van der Waals surface area contributed by atoms with Gasteiger partial charge in [-0.15, -0.1) is 10.2 Å². The van der Waals surface area contributed by atoms with Crippen molar-refractivity contribution in [1.29, 1.82) is 0 Å². The standard InChI is InChI=1S/C17H10ClF2N3OS/c18-13(9-10-3-1-2-4-14(10)20)16-22-23-17(25-16)15(24)21-12-7-5-11(19)6-8-12/h1-9H,(H,21,24). The highest BCUT2D eigenvalue weighted by Crippen LogP contribution is 2.26. The van der Waals surface area contributed by atoms with E-state index < -0.39 is 17.5 Å². The molecule has 25 heavy (non-hydrogen) atoms. The van der Waals surface area contributed by atoms with Crippen LogP contribution in [0.3, 0.4) is 0 Å². The van der Waals surface area contributed by atoms with Crippen molar-refractivity contribution in [3.05, 3.63) is 75.7 Å². The fourth-order valence-corrected chi connectivity index (χ4v) is 2.84. The van der Waals surface area contributed by atoms with Gasteiger partial charge >= 0.3 is 0 Å². The summed E-state index contributed by atoms with van der Waals surface area (Å²) < 4.78 is 26.5. The SMILES string of the molecule is O=C(Nc1ccc(F)cc1)c1nnc(C(Cl)=Cc2ccccc2F)s1. The summed E-state index contributed by atoms with van der Waals surface area (Å²) in [4.78, 5) is 12.1. The summed E-state index contributed by atoms with van der Waals surface area (Å²) in [5, 5.41) is 10.7. The number of carbonyl (C=O) groups is 1. The molecule has 0 spiro atoms. The topological polar surface area (TPSA) is 54.9 Å². The third kappa shape index (κ3) is 4.26. The molecule has 0 saturated carbocycles. The normalized spacial score (nSPS) is 11.4. The molecule has 1 amide bonds. The van der Waals surface area contributed by atoms with Crippen LogP contribution in [-0.2, 0) is 0 Å². The van der Waals surface area contributed by atoms with Crippen LogP contribution in [0.2, 0.25) is 0 Å². The van der Waals surface area contributed by atoms with E-state index in [9.17, 15) is 13.6 Å². The second-order valence-electron chi connectivity index (χ2n) is 4.89. The quantitative estimate of drug-likeness (QED) is 0.710. The maximum absolute atomic E-state index is 13.6. The summed E-state index contributed by atoms with van der Waals surface area (Å²) >= 11 is 7.10. The zero-order valence-corrected chi connectivity index (χ0v) is 14.1. The Labute approximate surface area is 150 Å². The molecule has 0 atom stereocenters. The number of hydrogen-bond donors (Lipinski definition) is 1. The average Bonchev–Trinajstić information content (AvgIpc) is 3.09. The lowest BCUT2D eigenvalue weighted by Gasteiger charge is -2.01. The van der Waals surface area contributed by atoms with Gasteiger partial charge in [-0.3, -0.25) is 4.79 Å². The van der Waals surface area contributed by atoms with E-state index in [-0.39, 0.29) is 15.0 Å². The Morgan fingerprint density at radius 2 is 1.72 bits per heavy atom. The summed E-state index contributed by atoms with van der Waals surface area (Å²) in [5.41, 5.74) is 0.733. The molecule has 0 aliphatic heterocycles. The number of nitrogens with zero attached hydrogens (tertiary/aromatic N) is 2. The number of nitrogens with one attached hydrogen (secondary N) is 1. The molecule has 2 aromatic carbocycles. The van der Waals surface area contributed by atoms with Crippen molar-refractivity contribution < 1.29 is 13.6 Å². The van der Waals surface area contributed by atoms with Crippen LogP contribution in [-0.4, -0.2) is 16.1 Å². The highest BCUT2D eigenvalue weighted by Gasteiger charge is 2.15. The Balaban J connectivity index is 1.76. The van der Waals surface area contributed by atoms with Gasteiger partial charge in [-0.05, 0) is 36.4 Å². The third-order valence-corrected chi connectivity index (χ3v) is 4.47. The van der Waals surface area contributed by atoms with Crippen molar-refractivity contribution in [2.75, 3.05) is 5.32 Å². The number of halogens is 3. The molecule has 1 heterocycles. The van der Waals surface area contributed by atoms with E-state index in [0.717, 1.165) is 11.3 Å².